The number of carbonyl (C=O) groups is 1. The Labute approximate surface area is 108 Å². The van der Waals surface area contributed by atoms with Crippen molar-refractivity contribution in [2.75, 3.05) is 13.2 Å². The second-order valence-electron chi connectivity index (χ2n) is 5.89. The standard InChI is InChI=1S/C13H24N2O3/c1-10-13(17,6-7-18-10)9-15-11(16)8-12(14)4-2-3-5-12/h10,17H,2-9,14H2,1H3,(H,15,16). The van der Waals surface area contributed by atoms with E-state index in [9.17, 15) is 9.90 Å². The van der Waals surface area contributed by atoms with Crippen LogP contribution in [0.4, 0.5) is 0 Å². The minimum atomic E-state index is -0.924. The minimum Gasteiger partial charge on any atom is -0.385 e. The molecule has 0 spiro atoms. The fraction of sp³-hybridized carbons (Fsp3) is 0.923. The molecule has 2 unspecified atom stereocenters. The molecule has 0 bridgehead atoms. The monoisotopic (exact) mass is 256 g/mol. The molecule has 5 nitrogen and oxygen atoms in total. The lowest BCUT2D eigenvalue weighted by Crippen LogP contribution is -2.49. The van der Waals surface area contributed by atoms with Crippen LogP contribution in [0.25, 0.3) is 0 Å². The summed E-state index contributed by atoms with van der Waals surface area (Å²) in [5.74, 6) is -0.0630. The molecule has 18 heavy (non-hydrogen) atoms. The summed E-state index contributed by atoms with van der Waals surface area (Å²) in [6, 6.07) is 0. The SMILES string of the molecule is CC1OCCC1(O)CNC(=O)CC1(N)CCCC1. The van der Waals surface area contributed by atoms with Gasteiger partial charge in [-0.1, -0.05) is 12.8 Å². The van der Waals surface area contributed by atoms with Gasteiger partial charge >= 0.3 is 0 Å². The molecule has 1 saturated heterocycles. The second kappa shape index (κ2) is 5.15. The number of aliphatic hydroxyl groups is 1. The summed E-state index contributed by atoms with van der Waals surface area (Å²) in [6.45, 7) is 2.64. The number of carbonyl (C=O) groups excluding carboxylic acids is 1. The maximum absolute atomic E-state index is 11.9. The van der Waals surface area contributed by atoms with E-state index >= 15 is 0 Å². The summed E-state index contributed by atoms with van der Waals surface area (Å²) in [5.41, 5.74) is 4.90. The molecular weight excluding hydrogens is 232 g/mol. The highest BCUT2D eigenvalue weighted by Gasteiger charge is 2.40. The molecule has 104 valence electrons. The van der Waals surface area contributed by atoms with E-state index in [0.717, 1.165) is 25.7 Å². The first-order chi connectivity index (χ1) is 8.44. The van der Waals surface area contributed by atoms with Gasteiger partial charge in [-0.2, -0.15) is 0 Å². The fourth-order valence-corrected chi connectivity index (χ4v) is 2.89. The molecule has 1 heterocycles. The lowest BCUT2D eigenvalue weighted by Gasteiger charge is -2.28. The highest BCUT2D eigenvalue weighted by molar-refractivity contribution is 5.77. The minimum absolute atomic E-state index is 0.0630. The van der Waals surface area contributed by atoms with Crippen molar-refractivity contribution >= 4 is 5.91 Å². The molecule has 1 amide bonds. The summed E-state index contributed by atoms with van der Waals surface area (Å²) in [5, 5.41) is 13.1. The number of ether oxygens (including phenoxy) is 1. The Balaban J connectivity index is 1.78. The molecule has 5 heteroatoms. The molecule has 4 N–H and O–H groups in total. The molecule has 2 fully saturated rings. The van der Waals surface area contributed by atoms with Crippen molar-refractivity contribution in [2.45, 2.75) is 62.7 Å². The van der Waals surface area contributed by atoms with Crippen molar-refractivity contribution < 1.29 is 14.6 Å². The van der Waals surface area contributed by atoms with Crippen molar-refractivity contribution in [3.05, 3.63) is 0 Å². The Kier molecular flexibility index (Phi) is 3.94. The van der Waals surface area contributed by atoms with Crippen LogP contribution in [0.2, 0.25) is 0 Å². The number of nitrogens with two attached hydrogens (primary N) is 1. The average Bonchev–Trinajstić information content (AvgIpc) is 2.85. The van der Waals surface area contributed by atoms with E-state index in [4.69, 9.17) is 10.5 Å². The normalized spacial score (nSPS) is 34.7. The molecule has 2 rings (SSSR count). The van der Waals surface area contributed by atoms with Crippen molar-refractivity contribution in [1.82, 2.24) is 5.32 Å². The van der Waals surface area contributed by atoms with E-state index < -0.39 is 5.60 Å². The predicted octanol–water partition coefficient (Wildman–Crippen LogP) is 0.304. The summed E-state index contributed by atoms with van der Waals surface area (Å²) < 4.78 is 5.33. The smallest absolute Gasteiger partial charge is 0.221 e. The van der Waals surface area contributed by atoms with Crippen LogP contribution in [0.5, 0.6) is 0 Å². The molecule has 2 aliphatic rings. The highest BCUT2D eigenvalue weighted by atomic mass is 16.5. The van der Waals surface area contributed by atoms with Crippen LogP contribution in [0.3, 0.4) is 0 Å². The molecule has 0 aromatic rings. The van der Waals surface area contributed by atoms with Crippen LogP contribution in [0, 0.1) is 0 Å². The zero-order chi connectivity index (χ0) is 13.2. The summed E-state index contributed by atoms with van der Waals surface area (Å²) in [4.78, 5) is 11.9. The average molecular weight is 256 g/mol. The third-order valence-electron chi connectivity index (χ3n) is 4.36. The Morgan fingerprint density at radius 1 is 1.44 bits per heavy atom. The van der Waals surface area contributed by atoms with Gasteiger partial charge in [0.15, 0.2) is 0 Å². The molecule has 1 aliphatic carbocycles. The van der Waals surface area contributed by atoms with E-state index in [-0.39, 0.29) is 24.1 Å². The zero-order valence-electron chi connectivity index (χ0n) is 11.1. The van der Waals surface area contributed by atoms with Crippen LogP contribution < -0.4 is 11.1 Å². The van der Waals surface area contributed by atoms with Gasteiger partial charge in [0.1, 0.15) is 5.60 Å². The van der Waals surface area contributed by atoms with Gasteiger partial charge in [-0.3, -0.25) is 4.79 Å². The van der Waals surface area contributed by atoms with Crippen LogP contribution in [0.15, 0.2) is 0 Å². The Hall–Kier alpha value is -0.650. The number of hydrogen-bond donors (Lipinski definition) is 3. The maximum atomic E-state index is 11.9. The summed E-state index contributed by atoms with van der Waals surface area (Å²) in [7, 11) is 0. The molecule has 0 aromatic heterocycles. The summed E-state index contributed by atoms with van der Waals surface area (Å²) >= 11 is 0. The van der Waals surface area contributed by atoms with Gasteiger partial charge in [0.25, 0.3) is 0 Å². The Bertz CT molecular complexity index is 315. The van der Waals surface area contributed by atoms with Gasteiger partial charge in [0.2, 0.25) is 5.91 Å². The van der Waals surface area contributed by atoms with E-state index in [1.807, 2.05) is 6.92 Å². The van der Waals surface area contributed by atoms with E-state index in [0.29, 0.717) is 19.4 Å². The van der Waals surface area contributed by atoms with E-state index in [2.05, 4.69) is 5.32 Å². The van der Waals surface area contributed by atoms with Crippen molar-refractivity contribution in [1.29, 1.82) is 0 Å². The van der Waals surface area contributed by atoms with Crippen molar-refractivity contribution in [3.63, 3.8) is 0 Å². The van der Waals surface area contributed by atoms with Gasteiger partial charge in [0, 0.05) is 31.5 Å². The quantitative estimate of drug-likeness (QED) is 0.675. The predicted molar refractivity (Wildman–Crippen MR) is 68.0 cm³/mol. The molecule has 0 aromatic carbocycles. The van der Waals surface area contributed by atoms with Crippen LogP contribution in [-0.4, -0.2) is 41.4 Å². The van der Waals surface area contributed by atoms with Crippen LogP contribution >= 0.6 is 0 Å². The number of rotatable bonds is 4. The van der Waals surface area contributed by atoms with Gasteiger partial charge < -0.3 is 20.9 Å². The lowest BCUT2D eigenvalue weighted by atomic mass is 9.93. The fourth-order valence-electron chi connectivity index (χ4n) is 2.89. The first kappa shape index (κ1) is 13.8. The number of hydrogen-bond acceptors (Lipinski definition) is 4. The first-order valence-corrected chi connectivity index (χ1v) is 6.83. The third-order valence-corrected chi connectivity index (χ3v) is 4.36. The summed E-state index contributed by atoms with van der Waals surface area (Å²) in [6.07, 6.45) is 4.77. The third kappa shape index (κ3) is 3.02. The van der Waals surface area contributed by atoms with E-state index in [1.54, 1.807) is 0 Å². The molecule has 1 saturated carbocycles. The number of amides is 1. The van der Waals surface area contributed by atoms with Crippen molar-refractivity contribution in [3.8, 4) is 0 Å². The highest BCUT2D eigenvalue weighted by Crippen LogP contribution is 2.30. The topological polar surface area (TPSA) is 84.6 Å². The van der Waals surface area contributed by atoms with Gasteiger partial charge in [-0.15, -0.1) is 0 Å². The lowest BCUT2D eigenvalue weighted by molar-refractivity contribution is -0.124. The maximum Gasteiger partial charge on any atom is 0.221 e. The van der Waals surface area contributed by atoms with E-state index in [1.165, 1.54) is 0 Å². The van der Waals surface area contributed by atoms with Crippen LogP contribution in [0.1, 0.15) is 45.4 Å². The van der Waals surface area contributed by atoms with Crippen LogP contribution in [-0.2, 0) is 9.53 Å². The zero-order valence-corrected chi connectivity index (χ0v) is 11.1. The molecule has 2 atom stereocenters. The van der Waals surface area contributed by atoms with Gasteiger partial charge in [-0.05, 0) is 19.8 Å². The first-order valence-electron chi connectivity index (χ1n) is 6.83. The Morgan fingerprint density at radius 2 is 2.11 bits per heavy atom. The van der Waals surface area contributed by atoms with Crippen molar-refractivity contribution in [2.24, 2.45) is 5.73 Å². The van der Waals surface area contributed by atoms with Gasteiger partial charge in [-0.25, -0.2) is 0 Å². The largest absolute Gasteiger partial charge is 0.385 e. The second-order valence-corrected chi connectivity index (χ2v) is 5.89. The van der Waals surface area contributed by atoms with Gasteiger partial charge in [0.05, 0.1) is 6.10 Å². The molecular formula is C13H24N2O3. The molecule has 0 radical (unpaired) electrons. The number of nitrogens with one attached hydrogen (secondary N) is 1. The molecule has 1 aliphatic heterocycles. The Morgan fingerprint density at radius 3 is 2.67 bits per heavy atom.